The molecule has 0 bridgehead atoms. The molecule has 1 amide bonds. The maximum atomic E-state index is 13.6. The zero-order chi connectivity index (χ0) is 27.1. The Kier molecular flexibility index (Phi) is 6.38. The number of carbonyl (C=O) groups excluding carboxylic acids is 1. The van der Waals surface area contributed by atoms with Crippen LogP contribution in [0.25, 0.3) is 17.1 Å². The predicted octanol–water partition coefficient (Wildman–Crippen LogP) is 5.23. The molecular weight excluding hydrogens is 514 g/mol. The van der Waals surface area contributed by atoms with Crippen molar-refractivity contribution in [1.82, 2.24) is 34.6 Å². The van der Waals surface area contributed by atoms with Crippen LogP contribution < -0.4 is 0 Å². The van der Waals surface area contributed by atoms with Crippen molar-refractivity contribution in [1.29, 1.82) is 0 Å². The quantitative estimate of drug-likeness (QED) is 0.300. The second-order valence-corrected chi connectivity index (χ2v) is 10.7. The topological polar surface area (TPSA) is 102 Å². The van der Waals surface area contributed by atoms with Crippen molar-refractivity contribution in [3.63, 3.8) is 0 Å². The number of halogens is 1. The molecule has 0 radical (unpaired) electrons. The first kappa shape index (κ1) is 25.2. The molecule has 1 saturated heterocycles. The summed E-state index contributed by atoms with van der Waals surface area (Å²) in [5.41, 5.74) is 5.47. The fourth-order valence-corrected chi connectivity index (χ4v) is 5.42. The van der Waals surface area contributed by atoms with Crippen LogP contribution in [0.15, 0.2) is 59.5 Å². The summed E-state index contributed by atoms with van der Waals surface area (Å²) in [6.45, 7) is 7.25. The minimum Gasteiger partial charge on any atom is -0.338 e. The summed E-state index contributed by atoms with van der Waals surface area (Å²) in [4.78, 5) is 29.1. The Morgan fingerprint density at radius 1 is 1.08 bits per heavy atom. The van der Waals surface area contributed by atoms with Gasteiger partial charge in [-0.3, -0.25) is 9.78 Å². The van der Waals surface area contributed by atoms with E-state index in [1.54, 1.807) is 23.1 Å². The Labute approximate surface area is 230 Å². The second-order valence-electron chi connectivity index (χ2n) is 10.3. The molecule has 4 aromatic heterocycles. The Morgan fingerprint density at radius 3 is 2.62 bits per heavy atom. The maximum Gasteiger partial charge on any atom is 0.259 e. The highest BCUT2D eigenvalue weighted by Gasteiger charge is 2.38. The number of likely N-dealkylation sites (tertiary alicyclic amines) is 1. The highest BCUT2D eigenvalue weighted by atomic mass is 35.5. The Bertz CT molecular complexity index is 1670. The lowest BCUT2D eigenvalue weighted by molar-refractivity contribution is 0.0671. The first-order valence-corrected chi connectivity index (χ1v) is 13.3. The van der Waals surface area contributed by atoms with Crippen LogP contribution in [-0.4, -0.2) is 53.6 Å². The molecule has 39 heavy (non-hydrogen) atoms. The van der Waals surface area contributed by atoms with E-state index in [1.165, 1.54) is 0 Å². The van der Waals surface area contributed by atoms with Gasteiger partial charge in [0.1, 0.15) is 5.56 Å². The maximum absolute atomic E-state index is 13.6. The van der Waals surface area contributed by atoms with Crippen LogP contribution >= 0.6 is 11.6 Å². The summed E-state index contributed by atoms with van der Waals surface area (Å²) >= 11 is 6.41. The molecule has 1 aliphatic heterocycles. The molecule has 0 spiro atoms. The molecule has 0 atom stereocenters. The third-order valence-electron chi connectivity index (χ3n) is 7.79. The van der Waals surface area contributed by atoms with Crippen molar-refractivity contribution >= 4 is 23.2 Å². The first-order valence-electron chi connectivity index (χ1n) is 12.9. The Balaban J connectivity index is 1.20. The van der Waals surface area contributed by atoms with Crippen molar-refractivity contribution in [2.75, 3.05) is 13.1 Å². The standard InChI is InChI=1S/C29H28ClN7O2/c1-18-22(15-20-7-4-5-9-24(20)30)19(2)37-25(33-18)23(17-32-37)27(38)36-13-10-29(3,11-14-36)28-34-26(39-35-28)21-8-6-12-31-16-21/h4-9,12,16-17H,10-11,13-15H2,1-3H3. The highest BCUT2D eigenvalue weighted by molar-refractivity contribution is 6.31. The van der Waals surface area contributed by atoms with Crippen LogP contribution in [0.5, 0.6) is 0 Å². The van der Waals surface area contributed by atoms with Gasteiger partial charge in [0.15, 0.2) is 11.5 Å². The lowest BCUT2D eigenvalue weighted by atomic mass is 9.79. The Morgan fingerprint density at radius 2 is 1.87 bits per heavy atom. The largest absolute Gasteiger partial charge is 0.338 e. The van der Waals surface area contributed by atoms with Gasteiger partial charge in [-0.15, -0.1) is 0 Å². The summed E-state index contributed by atoms with van der Waals surface area (Å²) in [7, 11) is 0. The van der Waals surface area contributed by atoms with E-state index in [4.69, 9.17) is 21.1 Å². The predicted molar refractivity (Wildman–Crippen MR) is 147 cm³/mol. The van der Waals surface area contributed by atoms with Gasteiger partial charge in [-0.25, -0.2) is 9.50 Å². The monoisotopic (exact) mass is 541 g/mol. The van der Waals surface area contributed by atoms with Crippen molar-refractivity contribution in [3.05, 3.63) is 93.9 Å². The molecule has 10 heteroatoms. The number of benzene rings is 1. The van der Waals surface area contributed by atoms with Gasteiger partial charge in [0.25, 0.3) is 11.8 Å². The molecule has 5 aromatic rings. The molecule has 9 nitrogen and oxygen atoms in total. The minimum atomic E-state index is -0.291. The number of rotatable bonds is 5. The number of aromatic nitrogens is 6. The van der Waals surface area contributed by atoms with Crippen LogP contribution in [0, 0.1) is 13.8 Å². The molecule has 1 aromatic carbocycles. The minimum absolute atomic E-state index is 0.0682. The number of pyridine rings is 1. The molecule has 198 valence electrons. The van der Waals surface area contributed by atoms with Crippen molar-refractivity contribution in [2.45, 2.75) is 45.4 Å². The van der Waals surface area contributed by atoms with E-state index in [2.05, 4.69) is 27.1 Å². The molecular formula is C29H28ClN7O2. The molecule has 5 heterocycles. The summed E-state index contributed by atoms with van der Waals surface area (Å²) in [5, 5.41) is 9.53. The average molecular weight is 542 g/mol. The lowest BCUT2D eigenvalue weighted by Crippen LogP contribution is -2.44. The molecule has 0 aliphatic carbocycles. The molecule has 1 fully saturated rings. The molecule has 0 N–H and O–H groups in total. The van der Waals surface area contributed by atoms with Crippen molar-refractivity contribution < 1.29 is 9.32 Å². The number of nitrogens with zero attached hydrogens (tertiary/aromatic N) is 7. The summed E-state index contributed by atoms with van der Waals surface area (Å²) in [6.07, 6.45) is 7.12. The van der Waals surface area contributed by atoms with Crippen LogP contribution in [0.2, 0.25) is 5.02 Å². The summed E-state index contributed by atoms with van der Waals surface area (Å²) in [6, 6.07) is 11.5. The number of piperidine rings is 1. The van der Waals surface area contributed by atoms with Crippen LogP contribution in [-0.2, 0) is 11.8 Å². The van der Waals surface area contributed by atoms with Gasteiger partial charge >= 0.3 is 0 Å². The SMILES string of the molecule is Cc1nc2c(C(=O)N3CCC(C)(c4noc(-c5cccnc5)n4)CC3)cnn2c(C)c1Cc1ccccc1Cl. The normalized spacial score (nSPS) is 15.1. The molecule has 6 rings (SSSR count). The third-order valence-corrected chi connectivity index (χ3v) is 8.16. The number of hydrogen-bond acceptors (Lipinski definition) is 7. The average Bonchev–Trinajstić information content (AvgIpc) is 3.61. The first-order chi connectivity index (χ1) is 18.8. The molecule has 0 unspecified atom stereocenters. The number of fused-ring (bicyclic) bond motifs is 1. The van der Waals surface area contributed by atoms with E-state index in [0.717, 1.165) is 45.9 Å². The van der Waals surface area contributed by atoms with Gasteiger partial charge in [-0.2, -0.15) is 10.1 Å². The van der Waals surface area contributed by atoms with E-state index >= 15 is 0 Å². The van der Waals surface area contributed by atoms with Crippen molar-refractivity contribution in [2.24, 2.45) is 0 Å². The molecule has 1 aliphatic rings. The zero-order valence-electron chi connectivity index (χ0n) is 22.1. The van der Waals surface area contributed by atoms with E-state index in [1.807, 2.05) is 55.1 Å². The van der Waals surface area contributed by atoms with Gasteiger partial charge < -0.3 is 9.42 Å². The number of aryl methyl sites for hydroxylation is 2. The van der Waals surface area contributed by atoms with E-state index in [9.17, 15) is 4.79 Å². The van der Waals surface area contributed by atoms with E-state index in [0.29, 0.717) is 42.4 Å². The lowest BCUT2D eigenvalue weighted by Gasteiger charge is -2.37. The second kappa shape index (κ2) is 9.89. The Hall–Kier alpha value is -4.11. The fourth-order valence-electron chi connectivity index (χ4n) is 5.22. The van der Waals surface area contributed by atoms with Gasteiger partial charge in [0, 0.05) is 53.7 Å². The number of carbonyl (C=O) groups is 1. The smallest absolute Gasteiger partial charge is 0.259 e. The fraction of sp³-hybridized carbons (Fsp3) is 0.310. The van der Waals surface area contributed by atoms with E-state index in [-0.39, 0.29) is 11.3 Å². The summed E-state index contributed by atoms with van der Waals surface area (Å²) < 4.78 is 7.28. The van der Waals surface area contributed by atoms with Crippen LogP contribution in [0.1, 0.15) is 58.5 Å². The highest BCUT2D eigenvalue weighted by Crippen LogP contribution is 2.35. The van der Waals surface area contributed by atoms with Crippen LogP contribution in [0.4, 0.5) is 0 Å². The van der Waals surface area contributed by atoms with Crippen molar-refractivity contribution in [3.8, 4) is 11.5 Å². The summed E-state index contributed by atoms with van der Waals surface area (Å²) in [5.74, 6) is 1.04. The van der Waals surface area contributed by atoms with Gasteiger partial charge in [0.2, 0.25) is 0 Å². The zero-order valence-corrected chi connectivity index (χ0v) is 22.8. The third kappa shape index (κ3) is 4.57. The van der Waals surface area contributed by atoms with E-state index < -0.39 is 0 Å². The van der Waals surface area contributed by atoms with Gasteiger partial charge in [-0.05, 0) is 56.0 Å². The molecule has 0 saturated carbocycles. The van der Waals surface area contributed by atoms with Crippen LogP contribution in [0.3, 0.4) is 0 Å². The number of amides is 1. The van der Waals surface area contributed by atoms with Gasteiger partial charge in [-0.1, -0.05) is 41.9 Å². The van der Waals surface area contributed by atoms with Gasteiger partial charge in [0.05, 0.1) is 11.8 Å². The number of hydrogen-bond donors (Lipinski definition) is 0.